The van der Waals surface area contributed by atoms with Crippen LogP contribution < -0.4 is 0 Å². The molecule has 2 aromatic rings. The summed E-state index contributed by atoms with van der Waals surface area (Å²) in [6.07, 6.45) is 0.867. The quantitative estimate of drug-likeness (QED) is 0.341. The standard InChI is InChI=1S/C19H18O4/c1-2-23-19(22)17(18(21)14-8-4-3-5-9-14)12-15-10-6-7-11-16(15)13-20/h3-11,13,17H,2,12H2,1H3. The Morgan fingerprint density at radius 2 is 1.70 bits per heavy atom. The second-order valence-corrected chi connectivity index (χ2v) is 5.06. The fraction of sp³-hybridized carbons (Fsp3) is 0.211. The van der Waals surface area contributed by atoms with Gasteiger partial charge in [-0.1, -0.05) is 54.6 Å². The van der Waals surface area contributed by atoms with Crippen LogP contribution in [0.5, 0.6) is 0 Å². The molecule has 0 saturated heterocycles. The van der Waals surface area contributed by atoms with E-state index >= 15 is 0 Å². The van der Waals surface area contributed by atoms with E-state index in [0.29, 0.717) is 16.7 Å². The van der Waals surface area contributed by atoms with Crippen molar-refractivity contribution in [3.8, 4) is 0 Å². The molecule has 0 spiro atoms. The Morgan fingerprint density at radius 3 is 2.35 bits per heavy atom. The molecule has 118 valence electrons. The van der Waals surface area contributed by atoms with Gasteiger partial charge in [-0.3, -0.25) is 14.4 Å². The second kappa shape index (κ2) is 8.03. The van der Waals surface area contributed by atoms with Gasteiger partial charge in [-0.25, -0.2) is 0 Å². The van der Waals surface area contributed by atoms with Crippen molar-refractivity contribution in [3.63, 3.8) is 0 Å². The molecule has 0 aliphatic heterocycles. The number of esters is 1. The Balaban J connectivity index is 2.33. The summed E-state index contributed by atoms with van der Waals surface area (Å²) >= 11 is 0. The maximum Gasteiger partial charge on any atom is 0.317 e. The van der Waals surface area contributed by atoms with Crippen LogP contribution in [0, 0.1) is 5.92 Å². The average Bonchev–Trinajstić information content (AvgIpc) is 2.60. The minimum absolute atomic E-state index is 0.140. The summed E-state index contributed by atoms with van der Waals surface area (Å²) in [5.74, 6) is -1.83. The van der Waals surface area contributed by atoms with Gasteiger partial charge in [0.2, 0.25) is 0 Å². The highest BCUT2D eigenvalue weighted by Gasteiger charge is 2.29. The molecule has 0 bridgehead atoms. The third-order valence-corrected chi connectivity index (χ3v) is 3.55. The molecule has 0 fully saturated rings. The number of rotatable bonds is 7. The molecule has 23 heavy (non-hydrogen) atoms. The minimum atomic E-state index is -0.960. The first-order valence-corrected chi connectivity index (χ1v) is 7.46. The van der Waals surface area contributed by atoms with Crippen LogP contribution >= 0.6 is 0 Å². The largest absolute Gasteiger partial charge is 0.465 e. The van der Waals surface area contributed by atoms with Crippen LogP contribution in [-0.2, 0) is 16.0 Å². The lowest BCUT2D eigenvalue weighted by Crippen LogP contribution is -2.28. The lowest BCUT2D eigenvalue weighted by atomic mass is 9.89. The van der Waals surface area contributed by atoms with Crippen LogP contribution in [0.15, 0.2) is 54.6 Å². The smallest absolute Gasteiger partial charge is 0.317 e. The minimum Gasteiger partial charge on any atom is -0.465 e. The zero-order valence-corrected chi connectivity index (χ0v) is 12.9. The van der Waals surface area contributed by atoms with Gasteiger partial charge in [0.15, 0.2) is 5.78 Å². The average molecular weight is 310 g/mol. The molecule has 1 unspecified atom stereocenters. The van der Waals surface area contributed by atoms with Crippen LogP contribution in [-0.4, -0.2) is 24.6 Å². The number of ether oxygens (including phenoxy) is 1. The number of aldehydes is 1. The summed E-state index contributed by atoms with van der Waals surface area (Å²) in [5.41, 5.74) is 1.58. The van der Waals surface area contributed by atoms with Gasteiger partial charge in [-0.15, -0.1) is 0 Å². The van der Waals surface area contributed by atoms with Crippen LogP contribution in [0.1, 0.15) is 33.2 Å². The summed E-state index contributed by atoms with van der Waals surface area (Å²) in [6, 6.07) is 15.6. The molecule has 0 aromatic heterocycles. The van der Waals surface area contributed by atoms with E-state index in [9.17, 15) is 14.4 Å². The Bertz CT molecular complexity index is 692. The van der Waals surface area contributed by atoms with Gasteiger partial charge >= 0.3 is 5.97 Å². The van der Waals surface area contributed by atoms with Gasteiger partial charge in [0.05, 0.1) is 6.61 Å². The maximum absolute atomic E-state index is 12.7. The van der Waals surface area contributed by atoms with Crippen molar-refractivity contribution in [1.29, 1.82) is 0 Å². The molecule has 0 amide bonds. The number of carbonyl (C=O) groups is 3. The van der Waals surface area contributed by atoms with Crippen molar-refractivity contribution in [3.05, 3.63) is 71.3 Å². The molecule has 0 N–H and O–H groups in total. The molecule has 2 aromatic carbocycles. The van der Waals surface area contributed by atoms with Crippen molar-refractivity contribution < 1.29 is 19.1 Å². The first-order valence-electron chi connectivity index (χ1n) is 7.46. The van der Waals surface area contributed by atoms with E-state index in [-0.39, 0.29) is 18.8 Å². The van der Waals surface area contributed by atoms with E-state index in [1.165, 1.54) is 0 Å². The monoisotopic (exact) mass is 310 g/mol. The number of hydrogen-bond donors (Lipinski definition) is 0. The van der Waals surface area contributed by atoms with Crippen LogP contribution in [0.3, 0.4) is 0 Å². The highest BCUT2D eigenvalue weighted by atomic mass is 16.5. The van der Waals surface area contributed by atoms with Crippen LogP contribution in [0.2, 0.25) is 0 Å². The topological polar surface area (TPSA) is 60.4 Å². The summed E-state index contributed by atoms with van der Waals surface area (Å²) < 4.78 is 5.04. The fourth-order valence-electron chi connectivity index (χ4n) is 2.38. The van der Waals surface area contributed by atoms with Crippen molar-refractivity contribution in [2.24, 2.45) is 5.92 Å². The first kappa shape index (κ1) is 16.6. The number of ketones is 1. The molecule has 4 heteroatoms. The van der Waals surface area contributed by atoms with E-state index < -0.39 is 11.9 Å². The molecule has 0 saturated carbocycles. The predicted octanol–water partition coefficient (Wildman–Crippen LogP) is 3.10. The van der Waals surface area contributed by atoms with Crippen LogP contribution in [0.25, 0.3) is 0 Å². The fourth-order valence-corrected chi connectivity index (χ4v) is 2.38. The number of hydrogen-bond acceptors (Lipinski definition) is 4. The third-order valence-electron chi connectivity index (χ3n) is 3.55. The predicted molar refractivity (Wildman–Crippen MR) is 86.4 cm³/mol. The highest BCUT2D eigenvalue weighted by molar-refractivity contribution is 6.08. The van der Waals surface area contributed by atoms with E-state index in [0.717, 1.165) is 6.29 Å². The lowest BCUT2D eigenvalue weighted by molar-refractivity contribution is -0.146. The van der Waals surface area contributed by atoms with Gasteiger partial charge in [0.25, 0.3) is 0 Å². The molecule has 4 nitrogen and oxygen atoms in total. The number of benzene rings is 2. The summed E-state index contributed by atoms with van der Waals surface area (Å²) in [4.78, 5) is 36.0. The van der Waals surface area contributed by atoms with Crippen molar-refractivity contribution in [2.75, 3.05) is 6.61 Å². The molecule has 2 rings (SSSR count). The Labute approximate surface area is 135 Å². The van der Waals surface area contributed by atoms with Gasteiger partial charge in [0, 0.05) is 11.1 Å². The van der Waals surface area contributed by atoms with Gasteiger partial charge < -0.3 is 4.74 Å². The summed E-state index contributed by atoms with van der Waals surface area (Å²) in [5, 5.41) is 0. The number of Topliss-reactive ketones (excluding diaryl/α,β-unsaturated/α-hetero) is 1. The molecule has 1 atom stereocenters. The number of carbonyl (C=O) groups excluding carboxylic acids is 3. The van der Waals surface area contributed by atoms with E-state index in [2.05, 4.69) is 0 Å². The Hall–Kier alpha value is -2.75. The zero-order chi connectivity index (χ0) is 16.7. The van der Waals surface area contributed by atoms with Crippen molar-refractivity contribution in [2.45, 2.75) is 13.3 Å². The highest BCUT2D eigenvalue weighted by Crippen LogP contribution is 2.19. The van der Waals surface area contributed by atoms with E-state index in [1.54, 1.807) is 61.5 Å². The molecule has 0 heterocycles. The molecule has 0 aliphatic rings. The molecule has 0 aliphatic carbocycles. The SMILES string of the molecule is CCOC(=O)C(Cc1ccccc1C=O)C(=O)c1ccccc1. The van der Waals surface area contributed by atoms with Crippen LogP contribution in [0.4, 0.5) is 0 Å². The first-order chi connectivity index (χ1) is 11.2. The summed E-state index contributed by atoms with van der Waals surface area (Å²) in [7, 11) is 0. The van der Waals surface area contributed by atoms with Gasteiger partial charge in [-0.2, -0.15) is 0 Å². The maximum atomic E-state index is 12.7. The second-order valence-electron chi connectivity index (χ2n) is 5.06. The zero-order valence-electron chi connectivity index (χ0n) is 12.9. The molecular formula is C19H18O4. The summed E-state index contributed by atoms with van der Waals surface area (Å²) in [6.45, 7) is 1.90. The molecular weight excluding hydrogens is 292 g/mol. The normalized spacial score (nSPS) is 11.5. The third kappa shape index (κ3) is 4.13. The van der Waals surface area contributed by atoms with E-state index in [4.69, 9.17) is 4.74 Å². The van der Waals surface area contributed by atoms with Gasteiger partial charge in [-0.05, 0) is 18.9 Å². The lowest BCUT2D eigenvalue weighted by Gasteiger charge is -2.15. The van der Waals surface area contributed by atoms with Gasteiger partial charge in [0.1, 0.15) is 12.2 Å². The molecule has 0 radical (unpaired) electrons. The van der Waals surface area contributed by atoms with Crippen molar-refractivity contribution >= 4 is 18.0 Å². The Morgan fingerprint density at radius 1 is 1.04 bits per heavy atom. The Kier molecular flexibility index (Phi) is 5.80. The van der Waals surface area contributed by atoms with Crippen molar-refractivity contribution in [1.82, 2.24) is 0 Å². The van der Waals surface area contributed by atoms with E-state index in [1.807, 2.05) is 0 Å².